The smallest absolute Gasteiger partial charge is 0.189 e. The van der Waals surface area contributed by atoms with Crippen LogP contribution in [0.25, 0.3) is 0 Å². The summed E-state index contributed by atoms with van der Waals surface area (Å²) in [6, 6.07) is 7.67. The van der Waals surface area contributed by atoms with Crippen LogP contribution in [0.1, 0.15) is 25.5 Å². The summed E-state index contributed by atoms with van der Waals surface area (Å²) in [7, 11) is -0.948. The van der Waals surface area contributed by atoms with Crippen molar-refractivity contribution in [1.29, 1.82) is 0 Å². The van der Waals surface area contributed by atoms with Gasteiger partial charge >= 0.3 is 0 Å². The molecule has 1 rings (SSSR count). The summed E-state index contributed by atoms with van der Waals surface area (Å²) >= 11 is 0. The van der Waals surface area contributed by atoms with Crippen LogP contribution in [-0.2, 0) is 10.8 Å². The predicted octanol–water partition coefficient (Wildman–Crippen LogP) is 1.97. The molecule has 0 aliphatic heterocycles. The molecular formula is C14H21N3OS. The highest BCUT2D eigenvalue weighted by Gasteiger charge is 2.06. The van der Waals surface area contributed by atoms with Crippen molar-refractivity contribution in [2.45, 2.75) is 24.8 Å². The largest absolute Gasteiger partial charge is 0.370 e. The normalized spacial score (nSPS) is 14.8. The molecule has 0 amide bonds. The van der Waals surface area contributed by atoms with Gasteiger partial charge in [-0.1, -0.05) is 24.3 Å². The lowest BCUT2D eigenvalue weighted by atomic mass is 10.1. The highest BCUT2D eigenvalue weighted by atomic mass is 32.2. The number of nitrogens with two attached hydrogens (primary N) is 1. The number of guanidine groups is 1. The van der Waals surface area contributed by atoms with E-state index < -0.39 is 10.8 Å². The highest BCUT2D eigenvalue weighted by molar-refractivity contribution is 7.84. The van der Waals surface area contributed by atoms with Crippen molar-refractivity contribution in [3.8, 4) is 0 Å². The topological polar surface area (TPSA) is 67.5 Å². The summed E-state index contributed by atoms with van der Waals surface area (Å²) in [5.41, 5.74) is 7.82. The molecular weight excluding hydrogens is 258 g/mol. The molecule has 5 heteroatoms. The first-order valence-corrected chi connectivity index (χ1v) is 7.60. The molecule has 0 aromatic heterocycles. The summed E-state index contributed by atoms with van der Waals surface area (Å²) in [5, 5.41) is 3.11. The molecule has 0 spiro atoms. The SMILES string of the molecule is C=C(C)CN=C(N)NC(C)c1ccc(S(C)=O)cc1. The van der Waals surface area contributed by atoms with E-state index in [1.54, 1.807) is 6.26 Å². The zero-order valence-corrected chi connectivity index (χ0v) is 12.5. The quantitative estimate of drug-likeness (QED) is 0.492. The van der Waals surface area contributed by atoms with Crippen LogP contribution in [0.2, 0.25) is 0 Å². The second kappa shape index (κ2) is 7.09. The van der Waals surface area contributed by atoms with Crippen molar-refractivity contribution in [3.63, 3.8) is 0 Å². The number of aliphatic imine (C=N–C) groups is 1. The van der Waals surface area contributed by atoms with Gasteiger partial charge in [0.1, 0.15) is 0 Å². The van der Waals surface area contributed by atoms with Crippen molar-refractivity contribution in [3.05, 3.63) is 42.0 Å². The molecule has 0 bridgehead atoms. The van der Waals surface area contributed by atoms with Crippen molar-refractivity contribution in [2.75, 3.05) is 12.8 Å². The second-order valence-corrected chi connectivity index (χ2v) is 5.93. The number of nitrogens with one attached hydrogen (secondary N) is 1. The predicted molar refractivity (Wildman–Crippen MR) is 81.6 cm³/mol. The van der Waals surface area contributed by atoms with Crippen LogP contribution in [0, 0.1) is 0 Å². The molecule has 0 radical (unpaired) electrons. The van der Waals surface area contributed by atoms with Crippen molar-refractivity contribution in [2.24, 2.45) is 10.7 Å². The van der Waals surface area contributed by atoms with Gasteiger partial charge in [0.15, 0.2) is 5.96 Å². The Morgan fingerprint density at radius 1 is 1.47 bits per heavy atom. The lowest BCUT2D eigenvalue weighted by Gasteiger charge is -2.15. The van der Waals surface area contributed by atoms with Crippen molar-refractivity contribution in [1.82, 2.24) is 5.32 Å². The second-order valence-electron chi connectivity index (χ2n) is 4.55. The first-order chi connectivity index (χ1) is 8.90. The fraction of sp³-hybridized carbons (Fsp3) is 0.357. The Hall–Kier alpha value is -1.62. The summed E-state index contributed by atoms with van der Waals surface area (Å²) in [4.78, 5) is 4.99. The maximum atomic E-state index is 11.3. The van der Waals surface area contributed by atoms with Crippen LogP contribution in [0.5, 0.6) is 0 Å². The Kier molecular flexibility index (Phi) is 5.76. The Labute approximate surface area is 117 Å². The van der Waals surface area contributed by atoms with E-state index in [0.29, 0.717) is 12.5 Å². The minimum Gasteiger partial charge on any atom is -0.370 e. The summed E-state index contributed by atoms with van der Waals surface area (Å²) in [5.74, 6) is 0.402. The zero-order chi connectivity index (χ0) is 14.4. The maximum Gasteiger partial charge on any atom is 0.189 e. The van der Waals surface area contributed by atoms with Gasteiger partial charge in [-0.2, -0.15) is 0 Å². The van der Waals surface area contributed by atoms with Gasteiger partial charge in [-0.25, -0.2) is 4.99 Å². The molecule has 19 heavy (non-hydrogen) atoms. The molecule has 0 heterocycles. The van der Waals surface area contributed by atoms with Gasteiger partial charge in [0.2, 0.25) is 0 Å². The highest BCUT2D eigenvalue weighted by Crippen LogP contribution is 2.14. The summed E-state index contributed by atoms with van der Waals surface area (Å²) in [6.07, 6.45) is 1.67. The standard InChI is InChI=1S/C14H21N3OS/c1-10(2)9-16-14(15)17-11(3)12-5-7-13(8-6-12)19(4)18/h5-8,11H,1,9H2,2-4H3,(H3,15,16,17). The van der Waals surface area contributed by atoms with Crippen LogP contribution in [0.3, 0.4) is 0 Å². The van der Waals surface area contributed by atoms with Gasteiger partial charge in [-0.05, 0) is 31.5 Å². The fourth-order valence-electron chi connectivity index (χ4n) is 1.52. The van der Waals surface area contributed by atoms with E-state index in [1.807, 2.05) is 38.1 Å². The van der Waals surface area contributed by atoms with Gasteiger partial charge in [-0.15, -0.1) is 0 Å². The summed E-state index contributed by atoms with van der Waals surface area (Å²) < 4.78 is 11.3. The van der Waals surface area contributed by atoms with Crippen LogP contribution < -0.4 is 11.1 Å². The fourth-order valence-corrected chi connectivity index (χ4v) is 2.04. The van der Waals surface area contributed by atoms with Gasteiger partial charge in [-0.3, -0.25) is 4.21 Å². The third-order valence-corrected chi connectivity index (χ3v) is 3.53. The van der Waals surface area contributed by atoms with E-state index in [-0.39, 0.29) is 6.04 Å². The molecule has 2 atom stereocenters. The van der Waals surface area contributed by atoms with E-state index in [9.17, 15) is 4.21 Å². The van der Waals surface area contributed by atoms with Crippen LogP contribution in [0.15, 0.2) is 46.3 Å². The Morgan fingerprint density at radius 3 is 2.53 bits per heavy atom. The van der Waals surface area contributed by atoms with E-state index in [0.717, 1.165) is 16.0 Å². The molecule has 0 aliphatic carbocycles. The van der Waals surface area contributed by atoms with E-state index in [2.05, 4.69) is 16.9 Å². The molecule has 0 fully saturated rings. The van der Waals surface area contributed by atoms with Crippen molar-refractivity contribution >= 4 is 16.8 Å². The van der Waals surface area contributed by atoms with Crippen LogP contribution >= 0.6 is 0 Å². The Balaban J connectivity index is 2.67. The number of rotatable bonds is 5. The van der Waals surface area contributed by atoms with E-state index in [1.165, 1.54) is 0 Å². The minimum atomic E-state index is -0.948. The molecule has 1 aromatic rings. The van der Waals surface area contributed by atoms with Crippen LogP contribution in [-0.4, -0.2) is 23.0 Å². The maximum absolute atomic E-state index is 11.3. The van der Waals surface area contributed by atoms with E-state index >= 15 is 0 Å². The average Bonchev–Trinajstić information content (AvgIpc) is 2.36. The molecule has 4 nitrogen and oxygen atoms in total. The van der Waals surface area contributed by atoms with E-state index in [4.69, 9.17) is 5.73 Å². The lowest BCUT2D eigenvalue weighted by Crippen LogP contribution is -2.34. The Morgan fingerprint density at radius 2 is 2.05 bits per heavy atom. The molecule has 2 unspecified atom stereocenters. The first kappa shape index (κ1) is 15.4. The van der Waals surface area contributed by atoms with Crippen LogP contribution in [0.4, 0.5) is 0 Å². The lowest BCUT2D eigenvalue weighted by molar-refractivity contribution is 0.686. The first-order valence-electron chi connectivity index (χ1n) is 6.04. The third-order valence-electron chi connectivity index (χ3n) is 2.60. The molecule has 0 aliphatic rings. The molecule has 3 N–H and O–H groups in total. The number of benzene rings is 1. The minimum absolute atomic E-state index is 0.0493. The number of hydrogen-bond donors (Lipinski definition) is 2. The average molecular weight is 279 g/mol. The monoisotopic (exact) mass is 279 g/mol. The molecule has 104 valence electrons. The Bertz CT molecular complexity index is 494. The molecule has 0 saturated carbocycles. The number of hydrogen-bond acceptors (Lipinski definition) is 2. The summed E-state index contributed by atoms with van der Waals surface area (Å²) in [6.45, 7) is 8.21. The number of nitrogens with zero attached hydrogens (tertiary/aromatic N) is 1. The third kappa shape index (κ3) is 5.26. The zero-order valence-electron chi connectivity index (χ0n) is 11.6. The van der Waals surface area contributed by atoms with Gasteiger partial charge in [0, 0.05) is 22.0 Å². The van der Waals surface area contributed by atoms with Gasteiger partial charge < -0.3 is 11.1 Å². The molecule has 1 aromatic carbocycles. The van der Waals surface area contributed by atoms with Crippen molar-refractivity contribution < 1.29 is 4.21 Å². The van der Waals surface area contributed by atoms with Gasteiger partial charge in [0.05, 0.1) is 12.6 Å². The van der Waals surface area contributed by atoms with Gasteiger partial charge in [0.25, 0.3) is 0 Å². The molecule has 0 saturated heterocycles.